The molecule has 0 radical (unpaired) electrons. The summed E-state index contributed by atoms with van der Waals surface area (Å²) in [6, 6.07) is 5.11. The second-order valence-electron chi connectivity index (χ2n) is 4.60. The Bertz CT molecular complexity index is 411. The summed E-state index contributed by atoms with van der Waals surface area (Å²) in [7, 11) is 0. The van der Waals surface area contributed by atoms with Crippen LogP contribution in [0.1, 0.15) is 29.6 Å². The number of carbonyl (C=O) groups is 1. The maximum atomic E-state index is 12.0. The first-order chi connectivity index (χ1) is 8.16. The number of carbonyl (C=O) groups excluding carboxylic acids is 1. The minimum atomic E-state index is 0.124. The average Bonchev–Trinajstić information content (AvgIpc) is 2.34. The second kappa shape index (κ2) is 5.19. The zero-order chi connectivity index (χ0) is 12.3. The number of anilines is 2. The highest BCUT2D eigenvalue weighted by molar-refractivity contribution is 5.99. The lowest BCUT2D eigenvalue weighted by Gasteiger charge is -2.25. The molecule has 2 rings (SSSR count). The number of piperidine rings is 1. The molecular formula is C13H19N3O. The summed E-state index contributed by atoms with van der Waals surface area (Å²) < 4.78 is 0. The average molecular weight is 233 g/mol. The van der Waals surface area contributed by atoms with Crippen LogP contribution in [-0.4, -0.2) is 30.3 Å². The summed E-state index contributed by atoms with van der Waals surface area (Å²) in [6.07, 6.45) is 3.66. The molecular weight excluding hydrogens is 214 g/mol. The molecule has 0 aliphatic carbocycles. The second-order valence-corrected chi connectivity index (χ2v) is 4.60. The lowest BCUT2D eigenvalue weighted by Crippen LogP contribution is -2.34. The Hall–Kier alpha value is -1.55. The SMILES string of the molecule is Nc1ccc(C(=O)CN2CCCCC2)cc1N. The topological polar surface area (TPSA) is 72.4 Å². The Morgan fingerprint density at radius 1 is 1.12 bits per heavy atom. The van der Waals surface area contributed by atoms with Crippen molar-refractivity contribution in [2.75, 3.05) is 31.1 Å². The number of nitrogens with two attached hydrogens (primary N) is 2. The normalized spacial score (nSPS) is 16.9. The number of Topliss-reactive ketones (excluding diaryl/α,β-unsaturated/α-hetero) is 1. The molecule has 0 aromatic heterocycles. The quantitative estimate of drug-likeness (QED) is 0.613. The van der Waals surface area contributed by atoms with E-state index in [9.17, 15) is 4.79 Å². The van der Waals surface area contributed by atoms with Crippen molar-refractivity contribution in [2.45, 2.75) is 19.3 Å². The van der Waals surface area contributed by atoms with Crippen molar-refractivity contribution in [3.63, 3.8) is 0 Å². The van der Waals surface area contributed by atoms with E-state index in [1.807, 2.05) is 0 Å². The maximum absolute atomic E-state index is 12.0. The number of likely N-dealkylation sites (tertiary alicyclic amines) is 1. The minimum absolute atomic E-state index is 0.124. The van der Waals surface area contributed by atoms with Crippen molar-refractivity contribution in [1.29, 1.82) is 0 Å². The molecule has 1 saturated heterocycles. The van der Waals surface area contributed by atoms with Crippen LogP contribution in [-0.2, 0) is 0 Å². The van der Waals surface area contributed by atoms with Crippen LogP contribution in [0.4, 0.5) is 11.4 Å². The Balaban J connectivity index is 2.01. The van der Waals surface area contributed by atoms with Crippen LogP contribution in [0, 0.1) is 0 Å². The van der Waals surface area contributed by atoms with E-state index in [-0.39, 0.29) is 5.78 Å². The molecule has 4 nitrogen and oxygen atoms in total. The number of hydrogen-bond donors (Lipinski definition) is 2. The molecule has 1 aromatic rings. The van der Waals surface area contributed by atoms with Gasteiger partial charge in [0.25, 0.3) is 0 Å². The first kappa shape index (κ1) is 11.9. The molecule has 0 amide bonds. The third-order valence-electron chi connectivity index (χ3n) is 3.22. The molecule has 1 heterocycles. The van der Waals surface area contributed by atoms with Crippen LogP contribution in [0.5, 0.6) is 0 Å². The van der Waals surface area contributed by atoms with Crippen molar-refractivity contribution >= 4 is 17.2 Å². The monoisotopic (exact) mass is 233 g/mol. The van der Waals surface area contributed by atoms with Crippen molar-refractivity contribution in [3.8, 4) is 0 Å². The maximum Gasteiger partial charge on any atom is 0.176 e. The van der Waals surface area contributed by atoms with Gasteiger partial charge in [-0.25, -0.2) is 0 Å². The van der Waals surface area contributed by atoms with Crippen molar-refractivity contribution < 1.29 is 4.79 Å². The summed E-state index contributed by atoms with van der Waals surface area (Å²) in [5.41, 5.74) is 13.0. The number of rotatable bonds is 3. The zero-order valence-corrected chi connectivity index (χ0v) is 9.98. The molecule has 1 fully saturated rings. The fourth-order valence-electron chi connectivity index (χ4n) is 2.16. The highest BCUT2D eigenvalue weighted by atomic mass is 16.1. The standard InChI is InChI=1S/C13H19N3O/c14-11-5-4-10(8-12(11)15)13(17)9-16-6-2-1-3-7-16/h4-5,8H,1-3,6-7,9,14-15H2. The fourth-order valence-corrected chi connectivity index (χ4v) is 2.16. The number of benzene rings is 1. The van der Waals surface area contributed by atoms with E-state index in [1.54, 1.807) is 18.2 Å². The van der Waals surface area contributed by atoms with Gasteiger partial charge >= 0.3 is 0 Å². The predicted molar refractivity (Wildman–Crippen MR) is 69.9 cm³/mol. The van der Waals surface area contributed by atoms with Crippen molar-refractivity contribution in [2.24, 2.45) is 0 Å². The molecule has 0 atom stereocenters. The number of hydrogen-bond acceptors (Lipinski definition) is 4. The first-order valence-electron chi connectivity index (χ1n) is 6.07. The Kier molecular flexibility index (Phi) is 3.64. The molecule has 0 unspecified atom stereocenters. The summed E-state index contributed by atoms with van der Waals surface area (Å²) in [5.74, 6) is 0.124. The van der Waals surface area contributed by atoms with Gasteiger partial charge in [0, 0.05) is 5.56 Å². The van der Waals surface area contributed by atoms with E-state index in [0.717, 1.165) is 13.1 Å². The van der Waals surface area contributed by atoms with E-state index in [1.165, 1.54) is 19.3 Å². The molecule has 4 N–H and O–H groups in total. The van der Waals surface area contributed by atoms with Gasteiger partial charge in [0.15, 0.2) is 5.78 Å². The molecule has 17 heavy (non-hydrogen) atoms. The van der Waals surface area contributed by atoms with Gasteiger partial charge in [-0.3, -0.25) is 9.69 Å². The van der Waals surface area contributed by atoms with Crippen molar-refractivity contribution in [1.82, 2.24) is 4.90 Å². The molecule has 0 saturated carbocycles. The molecule has 1 aromatic carbocycles. The lowest BCUT2D eigenvalue weighted by atomic mass is 10.1. The molecule has 1 aliphatic heterocycles. The van der Waals surface area contributed by atoms with Crippen LogP contribution in [0.2, 0.25) is 0 Å². The predicted octanol–water partition coefficient (Wildman–Crippen LogP) is 1.52. The van der Waals surface area contributed by atoms with E-state index >= 15 is 0 Å². The molecule has 1 aliphatic rings. The Labute approximate surface area is 102 Å². The van der Waals surface area contributed by atoms with E-state index in [0.29, 0.717) is 23.5 Å². The summed E-state index contributed by atoms with van der Waals surface area (Å²) in [6.45, 7) is 2.54. The van der Waals surface area contributed by atoms with Gasteiger partial charge in [0.2, 0.25) is 0 Å². The largest absolute Gasteiger partial charge is 0.397 e. The van der Waals surface area contributed by atoms with Crippen LogP contribution >= 0.6 is 0 Å². The minimum Gasteiger partial charge on any atom is -0.397 e. The highest BCUT2D eigenvalue weighted by Crippen LogP contribution is 2.17. The highest BCUT2D eigenvalue weighted by Gasteiger charge is 2.15. The first-order valence-corrected chi connectivity index (χ1v) is 6.07. The third kappa shape index (κ3) is 2.97. The van der Waals surface area contributed by atoms with Gasteiger partial charge in [0.1, 0.15) is 0 Å². The van der Waals surface area contributed by atoms with E-state index in [2.05, 4.69) is 4.90 Å². The third-order valence-corrected chi connectivity index (χ3v) is 3.22. The van der Waals surface area contributed by atoms with Gasteiger partial charge in [-0.05, 0) is 44.1 Å². The molecule has 92 valence electrons. The summed E-state index contributed by atoms with van der Waals surface area (Å²) in [5, 5.41) is 0. The zero-order valence-electron chi connectivity index (χ0n) is 9.98. The lowest BCUT2D eigenvalue weighted by molar-refractivity contribution is 0.0916. The van der Waals surface area contributed by atoms with E-state index < -0.39 is 0 Å². The van der Waals surface area contributed by atoms with Crippen molar-refractivity contribution in [3.05, 3.63) is 23.8 Å². The molecule has 0 spiro atoms. The summed E-state index contributed by atoms with van der Waals surface area (Å²) in [4.78, 5) is 14.2. The van der Waals surface area contributed by atoms with E-state index in [4.69, 9.17) is 11.5 Å². The number of nitrogens with zero attached hydrogens (tertiary/aromatic N) is 1. The number of ketones is 1. The van der Waals surface area contributed by atoms with Gasteiger partial charge < -0.3 is 11.5 Å². The summed E-state index contributed by atoms with van der Waals surface area (Å²) >= 11 is 0. The van der Waals surface area contributed by atoms with Gasteiger partial charge in [-0.15, -0.1) is 0 Å². The Morgan fingerprint density at radius 3 is 2.47 bits per heavy atom. The van der Waals surface area contributed by atoms with Crippen LogP contribution in [0.15, 0.2) is 18.2 Å². The molecule has 0 bridgehead atoms. The van der Waals surface area contributed by atoms with Gasteiger partial charge in [-0.2, -0.15) is 0 Å². The fraction of sp³-hybridized carbons (Fsp3) is 0.462. The van der Waals surface area contributed by atoms with Gasteiger partial charge in [-0.1, -0.05) is 6.42 Å². The Morgan fingerprint density at radius 2 is 1.82 bits per heavy atom. The number of nitrogen functional groups attached to an aromatic ring is 2. The van der Waals surface area contributed by atoms with Crippen LogP contribution in [0.3, 0.4) is 0 Å². The van der Waals surface area contributed by atoms with Crippen LogP contribution < -0.4 is 11.5 Å². The smallest absolute Gasteiger partial charge is 0.176 e. The van der Waals surface area contributed by atoms with Gasteiger partial charge in [0.05, 0.1) is 17.9 Å². The molecule has 4 heteroatoms. The van der Waals surface area contributed by atoms with Crippen LogP contribution in [0.25, 0.3) is 0 Å².